The number of hydrogen-bond acceptors (Lipinski definition) is 3. The molecule has 0 heterocycles. The number of nitrogens with one attached hydrogen (secondary N) is 1. The highest BCUT2D eigenvalue weighted by atomic mass is 35.5. The molecule has 2 rings (SSSR count). The van der Waals surface area contributed by atoms with Crippen LogP contribution < -0.4 is 15.8 Å². The molecule has 0 radical (unpaired) electrons. The van der Waals surface area contributed by atoms with E-state index in [9.17, 15) is 18.3 Å². The molecule has 2 aromatic carbocycles. The van der Waals surface area contributed by atoms with E-state index in [-0.39, 0.29) is 24.8 Å². The molecule has 0 aliphatic heterocycles. The van der Waals surface area contributed by atoms with Crippen molar-refractivity contribution in [1.29, 1.82) is 0 Å². The van der Waals surface area contributed by atoms with Crippen molar-refractivity contribution in [3.05, 3.63) is 64.7 Å². The van der Waals surface area contributed by atoms with Crippen molar-refractivity contribution in [2.24, 2.45) is 10.7 Å². The molecule has 0 saturated carbocycles. The molecular formula is C17H17ClF3N3O2. The van der Waals surface area contributed by atoms with E-state index in [2.05, 4.69) is 15.0 Å². The number of nitrogens with two attached hydrogens (primary N) is 1. The Morgan fingerprint density at radius 1 is 1.19 bits per heavy atom. The van der Waals surface area contributed by atoms with Crippen molar-refractivity contribution >= 4 is 17.6 Å². The first-order chi connectivity index (χ1) is 12.2. The fourth-order valence-electron chi connectivity index (χ4n) is 2.09. The van der Waals surface area contributed by atoms with Crippen molar-refractivity contribution in [3.8, 4) is 5.75 Å². The first-order valence-corrected chi connectivity index (χ1v) is 7.93. The molecular weight excluding hydrogens is 371 g/mol. The summed E-state index contributed by atoms with van der Waals surface area (Å²) < 4.78 is 40.1. The van der Waals surface area contributed by atoms with Gasteiger partial charge in [0.25, 0.3) is 0 Å². The maximum atomic E-state index is 12.1. The molecule has 0 amide bonds. The van der Waals surface area contributed by atoms with Crippen LogP contribution in [0, 0.1) is 0 Å². The average molecular weight is 388 g/mol. The third-order valence-corrected chi connectivity index (χ3v) is 3.67. The van der Waals surface area contributed by atoms with Crippen LogP contribution in [0.5, 0.6) is 5.75 Å². The minimum Gasteiger partial charge on any atom is -0.406 e. The third kappa shape index (κ3) is 6.45. The first-order valence-electron chi connectivity index (χ1n) is 7.55. The smallest absolute Gasteiger partial charge is 0.406 e. The van der Waals surface area contributed by atoms with Gasteiger partial charge < -0.3 is 20.9 Å². The van der Waals surface area contributed by atoms with Gasteiger partial charge in [-0.3, -0.25) is 0 Å². The summed E-state index contributed by atoms with van der Waals surface area (Å²) in [5.74, 6) is -0.217. The lowest BCUT2D eigenvalue weighted by molar-refractivity contribution is -0.274. The first kappa shape index (κ1) is 19.9. The van der Waals surface area contributed by atoms with Gasteiger partial charge >= 0.3 is 6.36 Å². The second-order valence-corrected chi connectivity index (χ2v) is 5.72. The Bertz CT molecular complexity index is 752. The van der Waals surface area contributed by atoms with Crippen molar-refractivity contribution in [2.45, 2.75) is 19.0 Å². The van der Waals surface area contributed by atoms with Gasteiger partial charge in [0.1, 0.15) is 5.75 Å². The zero-order valence-electron chi connectivity index (χ0n) is 13.5. The average Bonchev–Trinajstić information content (AvgIpc) is 2.58. The van der Waals surface area contributed by atoms with Crippen LogP contribution in [-0.4, -0.2) is 24.0 Å². The van der Waals surface area contributed by atoms with E-state index in [1.807, 2.05) is 0 Å². The number of halogens is 4. The van der Waals surface area contributed by atoms with Gasteiger partial charge in [-0.2, -0.15) is 0 Å². The molecule has 0 aliphatic rings. The van der Waals surface area contributed by atoms with Gasteiger partial charge in [-0.25, -0.2) is 4.99 Å². The van der Waals surface area contributed by atoms with Crippen LogP contribution >= 0.6 is 11.6 Å². The van der Waals surface area contributed by atoms with Crippen LogP contribution in [-0.2, 0) is 6.54 Å². The molecule has 5 nitrogen and oxygen atoms in total. The van der Waals surface area contributed by atoms with Gasteiger partial charge in [-0.1, -0.05) is 41.9 Å². The van der Waals surface area contributed by atoms with E-state index in [4.69, 9.17) is 17.3 Å². The van der Waals surface area contributed by atoms with Crippen molar-refractivity contribution in [3.63, 3.8) is 0 Å². The highest BCUT2D eigenvalue weighted by molar-refractivity contribution is 6.31. The Kier molecular flexibility index (Phi) is 6.70. The molecule has 1 atom stereocenters. The number of guanidine groups is 1. The quantitative estimate of drug-likeness (QED) is 0.524. The molecule has 0 saturated heterocycles. The Balaban J connectivity index is 1.85. The summed E-state index contributed by atoms with van der Waals surface area (Å²) in [6, 6.07) is 12.2. The predicted molar refractivity (Wildman–Crippen MR) is 92.9 cm³/mol. The Hall–Kier alpha value is -2.45. The monoisotopic (exact) mass is 387 g/mol. The molecule has 9 heteroatoms. The van der Waals surface area contributed by atoms with Gasteiger partial charge in [0, 0.05) is 17.1 Å². The molecule has 1 unspecified atom stereocenters. The number of aliphatic imine (C=N–C) groups is 1. The lowest BCUT2D eigenvalue weighted by atomic mass is 10.1. The second-order valence-electron chi connectivity index (χ2n) is 5.31. The van der Waals surface area contributed by atoms with Crippen LogP contribution in [0.4, 0.5) is 13.2 Å². The fourth-order valence-corrected chi connectivity index (χ4v) is 2.35. The largest absolute Gasteiger partial charge is 0.573 e. The zero-order chi connectivity index (χ0) is 19.2. The Morgan fingerprint density at radius 2 is 1.85 bits per heavy atom. The minimum absolute atomic E-state index is 0.0896. The van der Waals surface area contributed by atoms with Crippen molar-refractivity contribution in [1.82, 2.24) is 5.32 Å². The van der Waals surface area contributed by atoms with E-state index < -0.39 is 12.5 Å². The van der Waals surface area contributed by atoms with E-state index in [0.717, 1.165) is 0 Å². The molecule has 140 valence electrons. The van der Waals surface area contributed by atoms with Gasteiger partial charge in [0.05, 0.1) is 12.6 Å². The van der Waals surface area contributed by atoms with E-state index in [0.29, 0.717) is 16.1 Å². The predicted octanol–water partition coefficient (Wildman–Crippen LogP) is 3.38. The number of hydrogen-bond donors (Lipinski definition) is 3. The summed E-state index contributed by atoms with van der Waals surface area (Å²) in [6.45, 7) is 0.269. The van der Waals surface area contributed by atoms with Crippen molar-refractivity contribution < 1.29 is 23.0 Å². The number of nitrogens with zero attached hydrogens (tertiary/aromatic N) is 1. The zero-order valence-corrected chi connectivity index (χ0v) is 14.3. The normalized spacial score (nSPS) is 13.3. The minimum atomic E-state index is -4.73. The summed E-state index contributed by atoms with van der Waals surface area (Å²) in [7, 11) is 0. The molecule has 0 bridgehead atoms. The maximum Gasteiger partial charge on any atom is 0.573 e. The standard InChI is InChI=1S/C17H17ClF3N3O2/c18-14-4-2-1-3-13(14)15(25)10-24-16(22)23-9-11-5-7-12(8-6-11)26-17(19,20)21/h1-8,15,25H,9-10H2,(H3,22,23,24). The van der Waals surface area contributed by atoms with Gasteiger partial charge in [-0.15, -0.1) is 13.2 Å². The fraction of sp³-hybridized carbons (Fsp3) is 0.235. The summed E-state index contributed by atoms with van der Waals surface area (Å²) in [6.07, 6.45) is -5.59. The number of ether oxygens (including phenoxy) is 1. The highest BCUT2D eigenvalue weighted by Crippen LogP contribution is 2.23. The topological polar surface area (TPSA) is 79.9 Å². The highest BCUT2D eigenvalue weighted by Gasteiger charge is 2.30. The summed E-state index contributed by atoms with van der Waals surface area (Å²) >= 11 is 6.00. The van der Waals surface area contributed by atoms with E-state index in [1.54, 1.807) is 24.3 Å². The SMILES string of the molecule is NC(=NCc1ccc(OC(F)(F)F)cc1)NCC(O)c1ccccc1Cl. The molecule has 0 aromatic heterocycles. The maximum absolute atomic E-state index is 12.1. The molecule has 0 fully saturated rings. The Morgan fingerprint density at radius 3 is 2.46 bits per heavy atom. The summed E-state index contributed by atoms with van der Waals surface area (Å²) in [5.41, 5.74) is 6.93. The number of benzene rings is 2. The van der Waals surface area contributed by atoms with Crippen LogP contribution in [0.15, 0.2) is 53.5 Å². The molecule has 0 spiro atoms. The molecule has 26 heavy (non-hydrogen) atoms. The molecule has 0 aliphatic carbocycles. The molecule has 2 aromatic rings. The number of aliphatic hydroxyl groups excluding tert-OH is 1. The van der Waals surface area contributed by atoms with Crippen molar-refractivity contribution in [2.75, 3.05) is 6.54 Å². The van der Waals surface area contributed by atoms with Gasteiger partial charge in [0.15, 0.2) is 5.96 Å². The molecule has 4 N–H and O–H groups in total. The van der Waals surface area contributed by atoms with E-state index in [1.165, 1.54) is 24.3 Å². The Labute approximate surface area is 153 Å². The number of rotatable bonds is 6. The lowest BCUT2D eigenvalue weighted by Crippen LogP contribution is -2.35. The van der Waals surface area contributed by atoms with Gasteiger partial charge in [0.2, 0.25) is 0 Å². The van der Waals surface area contributed by atoms with Crippen LogP contribution in [0.3, 0.4) is 0 Å². The summed E-state index contributed by atoms with van der Waals surface area (Å²) in [4.78, 5) is 4.06. The number of aliphatic hydroxyl groups is 1. The number of alkyl halides is 3. The van der Waals surface area contributed by atoms with Crippen LogP contribution in [0.2, 0.25) is 5.02 Å². The lowest BCUT2D eigenvalue weighted by Gasteiger charge is -2.14. The van der Waals surface area contributed by atoms with E-state index >= 15 is 0 Å². The third-order valence-electron chi connectivity index (χ3n) is 3.33. The van der Waals surface area contributed by atoms with Crippen LogP contribution in [0.25, 0.3) is 0 Å². The van der Waals surface area contributed by atoms with Gasteiger partial charge in [-0.05, 0) is 23.8 Å². The van der Waals surface area contributed by atoms with Crippen LogP contribution in [0.1, 0.15) is 17.2 Å². The summed E-state index contributed by atoms with van der Waals surface area (Å²) in [5, 5.41) is 13.3. The second kappa shape index (κ2) is 8.77.